The van der Waals surface area contributed by atoms with Crippen LogP contribution >= 0.6 is 0 Å². The number of rotatable bonds is 5. The molecule has 8 nitrogen and oxygen atoms in total. The lowest BCUT2D eigenvalue weighted by Crippen LogP contribution is -2.69. The normalized spacial score (nSPS) is 27.7. The first-order valence-corrected chi connectivity index (χ1v) is 6.14. The van der Waals surface area contributed by atoms with Gasteiger partial charge in [-0.15, -0.1) is 0 Å². The molecule has 1 fully saturated rings. The number of hydrogen-bond acceptors (Lipinski definition) is 4. The lowest BCUT2D eigenvalue weighted by atomic mass is 9.94. The zero-order valence-electron chi connectivity index (χ0n) is 11.3. The van der Waals surface area contributed by atoms with Gasteiger partial charge in [-0.25, -0.2) is 0 Å². The molecule has 0 aliphatic carbocycles. The van der Waals surface area contributed by atoms with E-state index in [4.69, 9.17) is 17.2 Å². The molecule has 1 aliphatic heterocycles. The predicted molar refractivity (Wildman–Crippen MR) is 72.1 cm³/mol. The van der Waals surface area contributed by atoms with Crippen molar-refractivity contribution in [3.63, 3.8) is 0 Å². The van der Waals surface area contributed by atoms with Crippen molar-refractivity contribution in [1.82, 2.24) is 10.2 Å². The lowest BCUT2D eigenvalue weighted by Gasteiger charge is -2.41. The maximum atomic E-state index is 12.0. The van der Waals surface area contributed by atoms with Crippen LogP contribution in [-0.4, -0.2) is 54.4 Å². The van der Waals surface area contributed by atoms with Gasteiger partial charge in [0.2, 0.25) is 11.8 Å². The van der Waals surface area contributed by atoms with Crippen LogP contribution in [0.5, 0.6) is 0 Å². The lowest BCUT2D eigenvalue weighted by molar-refractivity contribution is -0.140. The van der Waals surface area contributed by atoms with E-state index >= 15 is 0 Å². The molecule has 0 saturated carbocycles. The average molecular weight is 270 g/mol. The standard InChI is InChI=1S/C11H22N6O2/c1-11(9(12)19)6-17(2)7(8(18)16-11)4-3-5-15-10(13)14/h7H,3-6H2,1-2H3,(H2,12,19)(H,16,18)(H4,13,14,15)/t7-,11+/m0/s1. The van der Waals surface area contributed by atoms with E-state index in [0.29, 0.717) is 25.9 Å². The van der Waals surface area contributed by atoms with Gasteiger partial charge in [0, 0.05) is 13.1 Å². The van der Waals surface area contributed by atoms with Crippen molar-refractivity contribution in [3.8, 4) is 0 Å². The molecule has 0 aromatic heterocycles. The van der Waals surface area contributed by atoms with Crippen LogP contribution in [-0.2, 0) is 9.59 Å². The van der Waals surface area contributed by atoms with E-state index in [2.05, 4.69) is 10.3 Å². The Morgan fingerprint density at radius 3 is 2.63 bits per heavy atom. The van der Waals surface area contributed by atoms with Crippen molar-refractivity contribution >= 4 is 17.8 Å². The van der Waals surface area contributed by atoms with Gasteiger partial charge in [-0.3, -0.25) is 19.5 Å². The first-order chi connectivity index (χ1) is 8.76. The van der Waals surface area contributed by atoms with E-state index in [9.17, 15) is 9.59 Å². The summed E-state index contributed by atoms with van der Waals surface area (Å²) >= 11 is 0. The fourth-order valence-electron chi connectivity index (χ4n) is 2.19. The number of likely N-dealkylation sites (N-methyl/N-ethyl adjacent to an activating group) is 1. The molecule has 8 heteroatoms. The quantitative estimate of drug-likeness (QED) is 0.253. The van der Waals surface area contributed by atoms with Gasteiger partial charge in [-0.1, -0.05) is 0 Å². The molecular weight excluding hydrogens is 248 g/mol. The summed E-state index contributed by atoms with van der Waals surface area (Å²) in [7, 11) is 1.80. The molecule has 1 rings (SSSR count). The number of amides is 2. The number of primary amides is 1. The summed E-state index contributed by atoms with van der Waals surface area (Å²) in [6, 6.07) is -0.290. The number of aliphatic imine (C=N–C) groups is 1. The third kappa shape index (κ3) is 3.82. The summed E-state index contributed by atoms with van der Waals surface area (Å²) in [5.41, 5.74) is 14.7. The molecule has 0 aromatic carbocycles. The maximum absolute atomic E-state index is 12.0. The number of hydrogen-bond donors (Lipinski definition) is 4. The molecule has 7 N–H and O–H groups in total. The Morgan fingerprint density at radius 1 is 1.53 bits per heavy atom. The largest absolute Gasteiger partial charge is 0.370 e. The highest BCUT2D eigenvalue weighted by Crippen LogP contribution is 2.17. The summed E-state index contributed by atoms with van der Waals surface area (Å²) in [4.78, 5) is 29.0. The highest BCUT2D eigenvalue weighted by Gasteiger charge is 2.42. The molecule has 1 heterocycles. The van der Waals surface area contributed by atoms with Gasteiger partial charge >= 0.3 is 0 Å². The molecule has 1 aliphatic rings. The van der Waals surface area contributed by atoms with Crippen molar-refractivity contribution in [2.45, 2.75) is 31.3 Å². The minimum atomic E-state index is -1.01. The number of carbonyl (C=O) groups is 2. The average Bonchev–Trinajstić information content (AvgIpc) is 2.26. The Labute approximate surface area is 112 Å². The Hall–Kier alpha value is -1.83. The van der Waals surface area contributed by atoms with Gasteiger partial charge < -0.3 is 22.5 Å². The van der Waals surface area contributed by atoms with E-state index < -0.39 is 11.4 Å². The first kappa shape index (κ1) is 15.2. The fourth-order valence-corrected chi connectivity index (χ4v) is 2.19. The number of carbonyl (C=O) groups excluding carboxylic acids is 2. The number of guanidine groups is 1. The number of nitrogens with two attached hydrogens (primary N) is 3. The smallest absolute Gasteiger partial charge is 0.244 e. The molecule has 19 heavy (non-hydrogen) atoms. The third-order valence-electron chi connectivity index (χ3n) is 3.27. The van der Waals surface area contributed by atoms with E-state index in [-0.39, 0.29) is 17.9 Å². The van der Waals surface area contributed by atoms with Crippen LogP contribution in [0.4, 0.5) is 0 Å². The van der Waals surface area contributed by atoms with Gasteiger partial charge in [0.05, 0.1) is 6.04 Å². The van der Waals surface area contributed by atoms with Crippen LogP contribution in [0.3, 0.4) is 0 Å². The van der Waals surface area contributed by atoms with E-state index in [0.717, 1.165) is 0 Å². The third-order valence-corrected chi connectivity index (χ3v) is 3.27. The van der Waals surface area contributed by atoms with Crippen LogP contribution in [0.25, 0.3) is 0 Å². The molecule has 1 saturated heterocycles. The van der Waals surface area contributed by atoms with Crippen LogP contribution in [0.2, 0.25) is 0 Å². The fraction of sp³-hybridized carbons (Fsp3) is 0.727. The predicted octanol–water partition coefficient (Wildman–Crippen LogP) is -2.29. The van der Waals surface area contributed by atoms with Crippen molar-refractivity contribution < 1.29 is 9.59 Å². The topological polar surface area (TPSA) is 140 Å². The Kier molecular flexibility index (Phi) is 4.71. The maximum Gasteiger partial charge on any atom is 0.244 e. The van der Waals surface area contributed by atoms with Crippen LogP contribution in [0.15, 0.2) is 4.99 Å². The Balaban J connectivity index is 2.56. The summed E-state index contributed by atoms with van der Waals surface area (Å²) < 4.78 is 0. The first-order valence-electron chi connectivity index (χ1n) is 6.14. The molecule has 0 radical (unpaired) electrons. The van der Waals surface area contributed by atoms with Crippen molar-refractivity contribution in [1.29, 1.82) is 0 Å². The summed E-state index contributed by atoms with van der Waals surface area (Å²) in [5.74, 6) is -0.686. The van der Waals surface area contributed by atoms with E-state index in [1.165, 1.54) is 0 Å². The number of nitrogens with one attached hydrogen (secondary N) is 1. The van der Waals surface area contributed by atoms with Crippen LogP contribution in [0, 0.1) is 0 Å². The molecule has 108 valence electrons. The van der Waals surface area contributed by atoms with Gasteiger partial charge in [-0.05, 0) is 26.8 Å². The summed E-state index contributed by atoms with van der Waals surface area (Å²) in [5, 5.41) is 2.68. The molecule has 0 aromatic rings. The summed E-state index contributed by atoms with van der Waals surface area (Å²) in [6.07, 6.45) is 1.31. The van der Waals surface area contributed by atoms with Crippen LogP contribution in [0.1, 0.15) is 19.8 Å². The minimum Gasteiger partial charge on any atom is -0.370 e. The SMILES string of the molecule is CN1C[C@](C)(C(N)=O)NC(=O)[C@@H]1CCCN=C(N)N. The molecule has 0 bridgehead atoms. The zero-order valence-corrected chi connectivity index (χ0v) is 11.3. The van der Waals surface area contributed by atoms with Crippen molar-refractivity contribution in [3.05, 3.63) is 0 Å². The van der Waals surface area contributed by atoms with Gasteiger partial charge in [0.25, 0.3) is 0 Å². The zero-order chi connectivity index (χ0) is 14.6. The Bertz CT molecular complexity index is 393. The van der Waals surface area contributed by atoms with Gasteiger partial charge in [0.15, 0.2) is 5.96 Å². The second-order valence-corrected chi connectivity index (χ2v) is 5.07. The van der Waals surface area contributed by atoms with Crippen LogP contribution < -0.4 is 22.5 Å². The molecule has 2 atom stereocenters. The molecule has 0 spiro atoms. The second-order valence-electron chi connectivity index (χ2n) is 5.07. The van der Waals surface area contributed by atoms with E-state index in [1.54, 1.807) is 14.0 Å². The Morgan fingerprint density at radius 2 is 2.16 bits per heavy atom. The van der Waals surface area contributed by atoms with Crippen molar-refractivity contribution in [2.75, 3.05) is 20.1 Å². The molecular formula is C11H22N6O2. The van der Waals surface area contributed by atoms with Crippen molar-refractivity contribution in [2.24, 2.45) is 22.2 Å². The highest BCUT2D eigenvalue weighted by molar-refractivity contribution is 5.93. The van der Waals surface area contributed by atoms with Gasteiger partial charge in [0.1, 0.15) is 5.54 Å². The molecule has 2 amide bonds. The highest BCUT2D eigenvalue weighted by atomic mass is 16.2. The molecule has 0 unspecified atom stereocenters. The number of nitrogens with zero attached hydrogens (tertiary/aromatic N) is 2. The van der Waals surface area contributed by atoms with E-state index in [1.807, 2.05) is 4.90 Å². The minimum absolute atomic E-state index is 0.0442. The second kappa shape index (κ2) is 5.87. The number of piperazine rings is 1. The monoisotopic (exact) mass is 270 g/mol. The van der Waals surface area contributed by atoms with Gasteiger partial charge in [-0.2, -0.15) is 0 Å². The summed E-state index contributed by atoms with van der Waals surface area (Å²) in [6.45, 7) is 2.49.